The number of ether oxygens (including phenoxy) is 1. The van der Waals surface area contributed by atoms with Gasteiger partial charge in [0.2, 0.25) is 5.69 Å². The summed E-state index contributed by atoms with van der Waals surface area (Å²) < 4.78 is 79.9. The summed E-state index contributed by atoms with van der Waals surface area (Å²) >= 11 is 0. The summed E-state index contributed by atoms with van der Waals surface area (Å²) in [5.74, 6) is 7.11. The standard InChI is InChI=1S/C24H18FN3O.CHF3O3S/c1-29-18-10-7-15(8-11-18)23-12-16-6-9-17(25)13-20(16)24(28(23)26)21-14-27-22-5-3-2-4-19(21)22;2-1(3,4)8(5,6)7/h2-14H,26H2,1H3;(H,5,6,7). The van der Waals surface area contributed by atoms with Crippen LogP contribution in [0.3, 0.4) is 0 Å². The van der Waals surface area contributed by atoms with Crippen LogP contribution >= 0.6 is 0 Å². The Morgan fingerprint density at radius 2 is 1.62 bits per heavy atom. The first kappa shape index (κ1) is 25.9. The fourth-order valence-electron chi connectivity index (χ4n) is 3.85. The van der Waals surface area contributed by atoms with E-state index in [1.807, 2.05) is 60.8 Å². The normalized spacial score (nSPS) is 11.8. The largest absolute Gasteiger partial charge is 0.741 e. The number of rotatable bonds is 3. The molecule has 3 N–H and O–H groups in total. The second-order valence-electron chi connectivity index (χ2n) is 7.86. The molecule has 0 bridgehead atoms. The molecule has 0 atom stereocenters. The molecule has 0 aliphatic rings. The maximum Gasteiger partial charge on any atom is 0.485 e. The molecule has 3 aromatic carbocycles. The minimum Gasteiger partial charge on any atom is -0.741 e. The number of aromatic nitrogens is 2. The molecule has 0 saturated carbocycles. The number of alkyl halides is 3. The number of nitrogens with zero attached hydrogens (tertiary/aromatic N) is 1. The number of nitrogen functional groups attached to an aromatic ring is 1. The fourth-order valence-corrected chi connectivity index (χ4v) is 3.85. The van der Waals surface area contributed by atoms with Crippen molar-refractivity contribution in [2.75, 3.05) is 13.0 Å². The molecular weight excluding hydrogens is 514 g/mol. The lowest BCUT2D eigenvalue weighted by Crippen LogP contribution is -2.48. The number of fused-ring (bicyclic) bond motifs is 2. The summed E-state index contributed by atoms with van der Waals surface area (Å²) in [5, 5.41) is 2.71. The van der Waals surface area contributed by atoms with E-state index in [0.717, 1.165) is 49.9 Å². The molecule has 12 heteroatoms. The highest BCUT2D eigenvalue weighted by Crippen LogP contribution is 2.34. The summed E-state index contributed by atoms with van der Waals surface area (Å²) in [4.78, 5) is 3.29. The molecule has 192 valence electrons. The van der Waals surface area contributed by atoms with Crippen LogP contribution in [0.2, 0.25) is 0 Å². The predicted molar refractivity (Wildman–Crippen MR) is 129 cm³/mol. The lowest BCUT2D eigenvalue weighted by molar-refractivity contribution is -0.614. The van der Waals surface area contributed by atoms with Crippen molar-refractivity contribution < 1.29 is 39.9 Å². The van der Waals surface area contributed by atoms with Crippen LogP contribution in [0.1, 0.15) is 0 Å². The highest BCUT2D eigenvalue weighted by atomic mass is 32.2. The number of methoxy groups -OCH3 is 1. The molecule has 0 aliphatic carbocycles. The van der Waals surface area contributed by atoms with Crippen molar-refractivity contribution in [1.29, 1.82) is 0 Å². The Morgan fingerprint density at radius 1 is 0.973 bits per heavy atom. The average molecular weight is 534 g/mol. The van der Waals surface area contributed by atoms with Gasteiger partial charge < -0.3 is 14.3 Å². The second kappa shape index (κ2) is 9.71. The number of pyridine rings is 1. The molecule has 0 spiro atoms. The number of halogens is 4. The Morgan fingerprint density at radius 3 is 2.24 bits per heavy atom. The highest BCUT2D eigenvalue weighted by Gasteiger charge is 2.37. The van der Waals surface area contributed by atoms with E-state index in [4.69, 9.17) is 23.6 Å². The maximum absolute atomic E-state index is 14.1. The van der Waals surface area contributed by atoms with Gasteiger partial charge in [-0.05, 0) is 47.9 Å². The molecule has 0 unspecified atom stereocenters. The number of nitrogens with two attached hydrogens (primary N) is 1. The van der Waals surface area contributed by atoms with Crippen molar-refractivity contribution >= 4 is 31.8 Å². The van der Waals surface area contributed by atoms with Crippen molar-refractivity contribution in [3.8, 4) is 28.3 Å². The number of para-hydroxylation sites is 1. The second-order valence-corrected chi connectivity index (χ2v) is 9.23. The van der Waals surface area contributed by atoms with Gasteiger partial charge in [0.25, 0.3) is 5.69 Å². The Hall–Kier alpha value is -4.16. The van der Waals surface area contributed by atoms with E-state index < -0.39 is 15.6 Å². The van der Waals surface area contributed by atoms with Gasteiger partial charge in [-0.1, -0.05) is 28.9 Å². The van der Waals surface area contributed by atoms with E-state index in [9.17, 15) is 17.6 Å². The minimum absolute atomic E-state index is 0.296. The van der Waals surface area contributed by atoms with E-state index in [0.29, 0.717) is 0 Å². The van der Waals surface area contributed by atoms with Crippen LogP contribution < -0.4 is 15.3 Å². The Balaban J connectivity index is 0.000000349. The number of H-pyrrole nitrogens is 1. The Labute approximate surface area is 208 Å². The lowest BCUT2D eigenvalue weighted by Gasteiger charge is -2.09. The molecule has 2 heterocycles. The zero-order valence-electron chi connectivity index (χ0n) is 19.1. The molecule has 2 aromatic heterocycles. The predicted octanol–water partition coefficient (Wildman–Crippen LogP) is 4.86. The molecular formula is C25H19F4N3O4S. The van der Waals surface area contributed by atoms with Crippen LogP contribution in [0.25, 0.3) is 44.2 Å². The van der Waals surface area contributed by atoms with Crippen molar-refractivity contribution in [2.24, 2.45) is 0 Å². The molecule has 0 saturated heterocycles. The highest BCUT2D eigenvalue weighted by molar-refractivity contribution is 7.86. The molecule has 37 heavy (non-hydrogen) atoms. The van der Waals surface area contributed by atoms with E-state index in [1.165, 1.54) is 12.1 Å². The van der Waals surface area contributed by atoms with Crippen molar-refractivity contribution in [3.63, 3.8) is 0 Å². The van der Waals surface area contributed by atoms with E-state index >= 15 is 0 Å². The number of benzene rings is 3. The number of hydrogen-bond donors (Lipinski definition) is 2. The minimum atomic E-state index is -6.09. The first-order chi connectivity index (χ1) is 17.4. The Bertz CT molecular complexity index is 1700. The molecule has 0 fully saturated rings. The number of nitrogens with one attached hydrogen (secondary N) is 1. The average Bonchev–Trinajstić information content (AvgIpc) is 3.27. The Kier molecular flexibility index (Phi) is 6.80. The quantitative estimate of drug-likeness (QED) is 0.113. The third-order valence-electron chi connectivity index (χ3n) is 5.58. The third-order valence-corrected chi connectivity index (χ3v) is 6.14. The van der Waals surface area contributed by atoms with Crippen LogP contribution in [0.4, 0.5) is 17.6 Å². The topological polar surface area (TPSA) is 112 Å². The van der Waals surface area contributed by atoms with Gasteiger partial charge in [-0.15, -0.1) is 0 Å². The molecule has 5 aromatic rings. The number of hydrogen-bond acceptors (Lipinski definition) is 5. The van der Waals surface area contributed by atoms with Crippen LogP contribution in [0.5, 0.6) is 5.75 Å². The molecule has 5 rings (SSSR count). The van der Waals surface area contributed by atoms with E-state index in [1.54, 1.807) is 17.9 Å². The van der Waals surface area contributed by atoms with Crippen LogP contribution in [0, 0.1) is 5.82 Å². The monoisotopic (exact) mass is 533 g/mol. The summed E-state index contributed by atoms with van der Waals surface area (Å²) in [6, 6.07) is 22.5. The molecule has 7 nitrogen and oxygen atoms in total. The molecule has 0 amide bonds. The summed E-state index contributed by atoms with van der Waals surface area (Å²) in [7, 11) is -4.45. The smallest absolute Gasteiger partial charge is 0.485 e. The van der Waals surface area contributed by atoms with E-state index in [2.05, 4.69) is 4.98 Å². The lowest BCUT2D eigenvalue weighted by atomic mass is 10.00. The first-order valence-corrected chi connectivity index (χ1v) is 12.0. The van der Waals surface area contributed by atoms with Crippen molar-refractivity contribution in [2.45, 2.75) is 5.51 Å². The zero-order chi connectivity index (χ0) is 27.0. The van der Waals surface area contributed by atoms with Crippen molar-refractivity contribution in [1.82, 2.24) is 4.98 Å². The zero-order valence-corrected chi connectivity index (χ0v) is 19.9. The van der Waals surface area contributed by atoms with Crippen molar-refractivity contribution in [3.05, 3.63) is 84.8 Å². The van der Waals surface area contributed by atoms with Crippen LogP contribution in [0.15, 0.2) is 79.0 Å². The van der Waals surface area contributed by atoms with Gasteiger partial charge in [-0.3, -0.25) is 0 Å². The van der Waals surface area contributed by atoms with Gasteiger partial charge >= 0.3 is 5.51 Å². The van der Waals surface area contributed by atoms with Gasteiger partial charge in [0.1, 0.15) is 11.6 Å². The van der Waals surface area contributed by atoms with Gasteiger partial charge in [0.15, 0.2) is 10.1 Å². The van der Waals surface area contributed by atoms with Crippen LogP contribution in [-0.4, -0.2) is 30.6 Å². The number of aromatic amines is 1. The maximum atomic E-state index is 14.1. The van der Waals surface area contributed by atoms with Gasteiger partial charge in [-0.25, -0.2) is 18.7 Å². The molecule has 0 aliphatic heterocycles. The molecule has 0 radical (unpaired) electrons. The first-order valence-electron chi connectivity index (χ1n) is 10.6. The summed E-state index contributed by atoms with van der Waals surface area (Å²) in [5.41, 5.74) is -1.19. The van der Waals surface area contributed by atoms with Gasteiger partial charge in [-0.2, -0.15) is 13.2 Å². The summed E-state index contributed by atoms with van der Waals surface area (Å²) in [6.07, 6.45) is 1.92. The van der Waals surface area contributed by atoms with Crippen LogP contribution in [-0.2, 0) is 10.1 Å². The van der Waals surface area contributed by atoms with Gasteiger partial charge in [0.05, 0.1) is 18.1 Å². The van der Waals surface area contributed by atoms with Gasteiger partial charge in [0, 0.05) is 28.7 Å². The van der Waals surface area contributed by atoms with E-state index in [-0.39, 0.29) is 5.82 Å². The SMILES string of the molecule is COc1ccc(-c2cc3ccc(F)cc3c(-c3c[nH]c4ccccc34)[n+]2N)cc1.O=S(=O)([O-])C(F)(F)F. The summed E-state index contributed by atoms with van der Waals surface area (Å²) in [6.45, 7) is 0. The fraction of sp³-hybridized carbons (Fsp3) is 0.0800. The third kappa shape index (κ3) is 5.20.